The van der Waals surface area contributed by atoms with Gasteiger partial charge in [0.05, 0.1) is 23.6 Å². The van der Waals surface area contributed by atoms with Crippen LogP contribution in [0.1, 0.15) is 40.5 Å². The molecule has 1 saturated heterocycles. The van der Waals surface area contributed by atoms with Gasteiger partial charge in [-0.15, -0.1) is 0 Å². The lowest BCUT2D eigenvalue weighted by atomic mass is 10.4. The van der Waals surface area contributed by atoms with Crippen molar-refractivity contribution in [1.29, 1.82) is 0 Å². The van der Waals surface area contributed by atoms with Gasteiger partial charge >= 0.3 is 0 Å². The molecule has 0 aromatic rings. The molecular formula is C10H22P+. The molecule has 0 aromatic heterocycles. The molecule has 1 rings (SSSR count). The maximum Gasteiger partial charge on any atom is 0.0644 e. The number of hydrogen-bond acceptors (Lipinski definition) is 0. The van der Waals surface area contributed by atoms with Crippen molar-refractivity contribution in [2.75, 3.05) is 12.3 Å². The van der Waals surface area contributed by atoms with E-state index in [1.807, 2.05) is 0 Å². The van der Waals surface area contributed by atoms with Crippen molar-refractivity contribution in [2.24, 2.45) is 0 Å². The van der Waals surface area contributed by atoms with E-state index < -0.39 is 7.26 Å². The summed E-state index contributed by atoms with van der Waals surface area (Å²) >= 11 is 0. The van der Waals surface area contributed by atoms with Crippen molar-refractivity contribution in [2.45, 2.75) is 51.9 Å². The van der Waals surface area contributed by atoms with Gasteiger partial charge in [0, 0.05) is 7.26 Å². The van der Waals surface area contributed by atoms with Crippen molar-refractivity contribution < 1.29 is 0 Å². The SMILES string of the molecule is CC(C)[P+]1(C(C)C)CCCC1. The molecule has 0 bridgehead atoms. The second-order valence-electron chi connectivity index (χ2n) is 4.44. The first-order chi connectivity index (χ1) is 5.09. The molecular weight excluding hydrogens is 151 g/mol. The first-order valence-electron chi connectivity index (χ1n) is 4.96. The average molecular weight is 173 g/mol. The van der Waals surface area contributed by atoms with Crippen molar-refractivity contribution in [1.82, 2.24) is 0 Å². The largest absolute Gasteiger partial charge is 0.0644 e. The molecule has 11 heavy (non-hydrogen) atoms. The minimum atomic E-state index is -0.491. The van der Waals surface area contributed by atoms with Gasteiger partial charge in [0.2, 0.25) is 0 Å². The third-order valence-corrected chi connectivity index (χ3v) is 9.87. The minimum absolute atomic E-state index is 0.491. The highest BCUT2D eigenvalue weighted by Crippen LogP contribution is 2.70. The molecule has 0 N–H and O–H groups in total. The van der Waals surface area contributed by atoms with E-state index >= 15 is 0 Å². The molecule has 1 aliphatic heterocycles. The standard InChI is InChI=1S/C10H22P/c1-9(2)11(10(3)4)7-5-6-8-11/h9-10H,5-8H2,1-4H3/q+1. The van der Waals surface area contributed by atoms with Gasteiger partial charge < -0.3 is 0 Å². The molecule has 1 fully saturated rings. The summed E-state index contributed by atoms with van der Waals surface area (Å²) in [6.45, 7) is 9.77. The molecule has 0 aliphatic carbocycles. The van der Waals surface area contributed by atoms with Crippen LogP contribution < -0.4 is 0 Å². The summed E-state index contributed by atoms with van der Waals surface area (Å²) in [5.74, 6) is 0. The Kier molecular flexibility index (Phi) is 2.97. The maximum atomic E-state index is 2.44. The molecule has 0 amide bonds. The zero-order chi connectivity index (χ0) is 8.48. The van der Waals surface area contributed by atoms with E-state index in [1.165, 1.54) is 12.8 Å². The van der Waals surface area contributed by atoms with E-state index in [2.05, 4.69) is 27.7 Å². The number of hydrogen-bond donors (Lipinski definition) is 0. The quantitative estimate of drug-likeness (QED) is 0.559. The van der Waals surface area contributed by atoms with Crippen LogP contribution in [0, 0.1) is 0 Å². The summed E-state index contributed by atoms with van der Waals surface area (Å²) in [4.78, 5) is 0. The molecule has 0 aromatic carbocycles. The molecule has 0 atom stereocenters. The van der Waals surface area contributed by atoms with Crippen LogP contribution >= 0.6 is 7.26 Å². The predicted molar refractivity (Wildman–Crippen MR) is 56.2 cm³/mol. The van der Waals surface area contributed by atoms with Crippen molar-refractivity contribution in [3.05, 3.63) is 0 Å². The van der Waals surface area contributed by atoms with Gasteiger partial charge in [0.25, 0.3) is 0 Å². The van der Waals surface area contributed by atoms with Crippen LogP contribution in [0.5, 0.6) is 0 Å². The summed E-state index contributed by atoms with van der Waals surface area (Å²) in [5, 5.41) is 0. The summed E-state index contributed by atoms with van der Waals surface area (Å²) < 4.78 is 0. The molecule has 0 nitrogen and oxygen atoms in total. The van der Waals surface area contributed by atoms with Gasteiger partial charge in [-0.1, -0.05) is 0 Å². The van der Waals surface area contributed by atoms with Crippen LogP contribution in [-0.2, 0) is 0 Å². The van der Waals surface area contributed by atoms with Crippen LogP contribution in [0.4, 0.5) is 0 Å². The summed E-state index contributed by atoms with van der Waals surface area (Å²) in [6.07, 6.45) is 6.21. The van der Waals surface area contributed by atoms with Crippen molar-refractivity contribution in [3.63, 3.8) is 0 Å². The second-order valence-corrected chi connectivity index (χ2v) is 9.61. The molecule has 0 spiro atoms. The van der Waals surface area contributed by atoms with E-state index in [-0.39, 0.29) is 0 Å². The van der Waals surface area contributed by atoms with Crippen LogP contribution in [-0.4, -0.2) is 23.6 Å². The van der Waals surface area contributed by atoms with Gasteiger partial charge in [0.15, 0.2) is 0 Å². The lowest BCUT2D eigenvalue weighted by Gasteiger charge is -2.30. The summed E-state index contributed by atoms with van der Waals surface area (Å²) in [5.41, 5.74) is 1.98. The van der Waals surface area contributed by atoms with E-state index in [4.69, 9.17) is 0 Å². The average Bonchev–Trinajstić information content (AvgIpc) is 2.34. The topological polar surface area (TPSA) is 0 Å². The van der Waals surface area contributed by atoms with Crippen molar-refractivity contribution >= 4 is 7.26 Å². The summed E-state index contributed by atoms with van der Waals surface area (Å²) in [6, 6.07) is 0. The monoisotopic (exact) mass is 173 g/mol. The van der Waals surface area contributed by atoms with Gasteiger partial charge in [-0.25, -0.2) is 0 Å². The van der Waals surface area contributed by atoms with Crippen LogP contribution in [0.15, 0.2) is 0 Å². The zero-order valence-electron chi connectivity index (χ0n) is 8.43. The lowest BCUT2D eigenvalue weighted by molar-refractivity contribution is 0.949. The van der Waals surface area contributed by atoms with Crippen molar-refractivity contribution in [3.8, 4) is 0 Å². The van der Waals surface area contributed by atoms with Gasteiger partial charge in [-0.05, 0) is 40.5 Å². The molecule has 1 heterocycles. The molecule has 0 unspecified atom stereocenters. The maximum absolute atomic E-state index is 2.44. The molecule has 66 valence electrons. The van der Waals surface area contributed by atoms with E-state index in [9.17, 15) is 0 Å². The lowest BCUT2D eigenvalue weighted by Crippen LogP contribution is -2.17. The fourth-order valence-corrected chi connectivity index (χ4v) is 7.66. The Morgan fingerprint density at radius 3 is 1.36 bits per heavy atom. The van der Waals surface area contributed by atoms with Crippen LogP contribution in [0.3, 0.4) is 0 Å². The molecule has 1 aliphatic rings. The first-order valence-corrected chi connectivity index (χ1v) is 7.26. The summed E-state index contributed by atoms with van der Waals surface area (Å²) in [7, 11) is -0.491. The fraction of sp³-hybridized carbons (Fsp3) is 1.00. The van der Waals surface area contributed by atoms with Gasteiger partial charge in [0.1, 0.15) is 0 Å². The first kappa shape index (κ1) is 9.52. The molecule has 1 heteroatoms. The Labute approximate surface area is 72.1 Å². The van der Waals surface area contributed by atoms with Crippen LogP contribution in [0.2, 0.25) is 0 Å². The Morgan fingerprint density at radius 1 is 0.818 bits per heavy atom. The fourth-order valence-electron chi connectivity index (χ4n) is 2.55. The Balaban J connectivity index is 2.70. The second kappa shape index (κ2) is 3.44. The minimum Gasteiger partial charge on any atom is -0.0285 e. The van der Waals surface area contributed by atoms with E-state index in [0.717, 1.165) is 11.3 Å². The highest BCUT2D eigenvalue weighted by atomic mass is 31.2. The molecule has 0 radical (unpaired) electrons. The molecule has 0 saturated carbocycles. The van der Waals surface area contributed by atoms with Crippen LogP contribution in [0.25, 0.3) is 0 Å². The third kappa shape index (κ3) is 1.61. The Bertz CT molecular complexity index is 111. The smallest absolute Gasteiger partial charge is 0.0285 e. The third-order valence-electron chi connectivity index (χ3n) is 3.46. The predicted octanol–water partition coefficient (Wildman–Crippen LogP) is 3.61. The normalized spacial score (nSPS) is 23.5. The Hall–Kier alpha value is 0.430. The zero-order valence-corrected chi connectivity index (χ0v) is 9.32. The number of rotatable bonds is 2. The Morgan fingerprint density at radius 2 is 1.18 bits per heavy atom. The van der Waals surface area contributed by atoms with E-state index in [0.29, 0.717) is 0 Å². The highest BCUT2D eigenvalue weighted by molar-refractivity contribution is 7.77. The van der Waals surface area contributed by atoms with Gasteiger partial charge in [-0.3, -0.25) is 0 Å². The van der Waals surface area contributed by atoms with Gasteiger partial charge in [-0.2, -0.15) is 0 Å². The highest BCUT2D eigenvalue weighted by Gasteiger charge is 2.46. The van der Waals surface area contributed by atoms with E-state index in [1.54, 1.807) is 12.3 Å².